The maximum Gasteiger partial charge on any atom is 0.164 e. The smallest absolute Gasteiger partial charge is 0.164 e. The minimum atomic E-state index is 0.633. The third-order valence-electron chi connectivity index (χ3n) is 2.28. The Morgan fingerprint density at radius 2 is 2.07 bits per heavy atom. The van der Waals surface area contributed by atoms with Gasteiger partial charge in [0.25, 0.3) is 0 Å². The highest BCUT2D eigenvalue weighted by Gasteiger charge is 2.15. The Labute approximate surface area is 83.8 Å². The summed E-state index contributed by atoms with van der Waals surface area (Å²) in [5.41, 5.74) is 7.89. The first kappa shape index (κ1) is 9.34. The molecule has 1 aliphatic rings. The summed E-state index contributed by atoms with van der Waals surface area (Å²) in [4.78, 5) is 0. The van der Waals surface area contributed by atoms with Crippen molar-refractivity contribution < 1.29 is 9.47 Å². The Balaban J connectivity index is 2.41. The summed E-state index contributed by atoms with van der Waals surface area (Å²) >= 11 is 0. The average Bonchev–Trinajstić information content (AvgIpc) is 2.18. The quantitative estimate of drug-likeness (QED) is 0.769. The van der Waals surface area contributed by atoms with Crippen LogP contribution in [0.1, 0.15) is 11.1 Å². The fourth-order valence-electron chi connectivity index (χ4n) is 1.72. The van der Waals surface area contributed by atoms with Gasteiger partial charge in [-0.2, -0.15) is 0 Å². The van der Waals surface area contributed by atoms with Gasteiger partial charge >= 0.3 is 0 Å². The predicted octanol–water partition coefficient (Wildman–Crippen LogP) is 1.27. The lowest BCUT2D eigenvalue weighted by Crippen LogP contribution is -2.17. The van der Waals surface area contributed by atoms with E-state index in [4.69, 9.17) is 15.2 Å². The summed E-state index contributed by atoms with van der Waals surface area (Å²) < 4.78 is 11.1. The monoisotopic (exact) mass is 193 g/mol. The molecule has 2 N–H and O–H groups in total. The summed E-state index contributed by atoms with van der Waals surface area (Å²) in [6.45, 7) is 3.96. The van der Waals surface area contributed by atoms with Crippen LogP contribution in [-0.2, 0) is 6.42 Å². The van der Waals surface area contributed by atoms with E-state index < -0.39 is 0 Å². The van der Waals surface area contributed by atoms with Crippen molar-refractivity contribution >= 4 is 0 Å². The van der Waals surface area contributed by atoms with Crippen LogP contribution < -0.4 is 15.2 Å². The third kappa shape index (κ3) is 1.68. The van der Waals surface area contributed by atoms with Crippen LogP contribution in [0.2, 0.25) is 0 Å². The van der Waals surface area contributed by atoms with Gasteiger partial charge in [0.1, 0.15) is 13.2 Å². The second-order valence-corrected chi connectivity index (χ2v) is 3.49. The molecule has 0 bridgehead atoms. The Hall–Kier alpha value is -1.22. The molecule has 0 atom stereocenters. The van der Waals surface area contributed by atoms with Crippen molar-refractivity contribution in [2.45, 2.75) is 13.3 Å². The zero-order valence-electron chi connectivity index (χ0n) is 8.38. The van der Waals surface area contributed by atoms with Gasteiger partial charge in [0.2, 0.25) is 0 Å². The van der Waals surface area contributed by atoms with Crippen LogP contribution >= 0.6 is 0 Å². The van der Waals surface area contributed by atoms with Crippen molar-refractivity contribution in [2.75, 3.05) is 19.8 Å². The number of nitrogens with two attached hydrogens (primary N) is 1. The maximum atomic E-state index is 5.58. The van der Waals surface area contributed by atoms with Crippen molar-refractivity contribution in [1.82, 2.24) is 0 Å². The normalized spacial score (nSPS) is 14.1. The first-order chi connectivity index (χ1) is 6.81. The Kier molecular flexibility index (Phi) is 2.59. The first-order valence-electron chi connectivity index (χ1n) is 4.90. The number of ether oxygens (including phenoxy) is 2. The van der Waals surface area contributed by atoms with Gasteiger partial charge < -0.3 is 15.2 Å². The highest BCUT2D eigenvalue weighted by Crippen LogP contribution is 2.35. The molecular formula is C11H15NO2. The number of fused-ring (bicyclic) bond motifs is 1. The first-order valence-corrected chi connectivity index (χ1v) is 4.90. The van der Waals surface area contributed by atoms with Crippen LogP contribution in [0.3, 0.4) is 0 Å². The second kappa shape index (κ2) is 3.88. The molecule has 0 aliphatic carbocycles. The van der Waals surface area contributed by atoms with Gasteiger partial charge in [0, 0.05) is 0 Å². The third-order valence-corrected chi connectivity index (χ3v) is 2.28. The molecule has 0 fully saturated rings. The van der Waals surface area contributed by atoms with Crippen LogP contribution in [0, 0.1) is 6.92 Å². The lowest BCUT2D eigenvalue weighted by Gasteiger charge is -2.21. The molecule has 0 unspecified atom stereocenters. The fourth-order valence-corrected chi connectivity index (χ4v) is 1.72. The number of aryl methyl sites for hydroxylation is 1. The Bertz CT molecular complexity index is 336. The molecule has 1 aromatic carbocycles. The van der Waals surface area contributed by atoms with Crippen molar-refractivity contribution in [3.63, 3.8) is 0 Å². The molecule has 3 heteroatoms. The summed E-state index contributed by atoms with van der Waals surface area (Å²) in [6.07, 6.45) is 0.841. The molecule has 0 radical (unpaired) electrons. The van der Waals surface area contributed by atoms with Crippen LogP contribution in [0.4, 0.5) is 0 Å². The summed E-state index contributed by atoms with van der Waals surface area (Å²) in [5, 5.41) is 0. The summed E-state index contributed by atoms with van der Waals surface area (Å²) in [7, 11) is 0. The molecule has 2 rings (SSSR count). The van der Waals surface area contributed by atoms with Gasteiger partial charge in [-0.1, -0.05) is 6.07 Å². The number of benzene rings is 1. The number of rotatable bonds is 2. The largest absolute Gasteiger partial charge is 0.486 e. The Morgan fingerprint density at radius 3 is 2.86 bits per heavy atom. The number of hydrogen-bond donors (Lipinski definition) is 1. The molecule has 3 nitrogen and oxygen atoms in total. The molecule has 14 heavy (non-hydrogen) atoms. The van der Waals surface area contributed by atoms with E-state index in [1.807, 2.05) is 6.07 Å². The van der Waals surface area contributed by atoms with Gasteiger partial charge in [-0.05, 0) is 37.1 Å². The van der Waals surface area contributed by atoms with Crippen LogP contribution in [-0.4, -0.2) is 19.8 Å². The molecule has 0 aromatic heterocycles. The second-order valence-electron chi connectivity index (χ2n) is 3.49. The van der Waals surface area contributed by atoms with E-state index in [1.165, 1.54) is 5.56 Å². The molecule has 1 heterocycles. The average molecular weight is 193 g/mol. The summed E-state index contributed by atoms with van der Waals surface area (Å²) in [5.74, 6) is 1.74. The highest BCUT2D eigenvalue weighted by atomic mass is 16.6. The van der Waals surface area contributed by atoms with E-state index in [-0.39, 0.29) is 0 Å². The van der Waals surface area contributed by atoms with Gasteiger partial charge in [0.15, 0.2) is 11.5 Å². The molecule has 0 saturated carbocycles. The van der Waals surface area contributed by atoms with E-state index in [1.54, 1.807) is 0 Å². The van der Waals surface area contributed by atoms with Crippen molar-refractivity contribution in [3.05, 3.63) is 23.3 Å². The molecule has 1 aliphatic heterocycles. The highest BCUT2D eigenvalue weighted by molar-refractivity contribution is 5.50. The lowest BCUT2D eigenvalue weighted by atomic mass is 10.1. The number of hydrogen-bond acceptors (Lipinski definition) is 3. The topological polar surface area (TPSA) is 44.5 Å². The molecule has 0 amide bonds. The van der Waals surface area contributed by atoms with Crippen molar-refractivity contribution in [1.29, 1.82) is 0 Å². The minimum absolute atomic E-state index is 0.633. The van der Waals surface area contributed by atoms with Crippen molar-refractivity contribution in [2.24, 2.45) is 5.73 Å². The zero-order chi connectivity index (χ0) is 9.97. The standard InChI is InChI=1S/C11H15NO2/c1-8-6-9(2-3-12)11-10(7-8)13-4-5-14-11/h6-7H,2-5,12H2,1H3. The van der Waals surface area contributed by atoms with Crippen molar-refractivity contribution in [3.8, 4) is 11.5 Å². The van der Waals surface area contributed by atoms with Gasteiger partial charge in [-0.3, -0.25) is 0 Å². The van der Waals surface area contributed by atoms with Gasteiger partial charge in [0.05, 0.1) is 0 Å². The molecule has 1 aromatic rings. The molecular weight excluding hydrogens is 178 g/mol. The van der Waals surface area contributed by atoms with Crippen LogP contribution in [0.25, 0.3) is 0 Å². The van der Waals surface area contributed by atoms with E-state index in [9.17, 15) is 0 Å². The van der Waals surface area contributed by atoms with Gasteiger partial charge in [-0.25, -0.2) is 0 Å². The zero-order valence-corrected chi connectivity index (χ0v) is 8.38. The Morgan fingerprint density at radius 1 is 1.29 bits per heavy atom. The van der Waals surface area contributed by atoms with Gasteiger partial charge in [-0.15, -0.1) is 0 Å². The van der Waals surface area contributed by atoms with E-state index in [0.29, 0.717) is 19.8 Å². The SMILES string of the molecule is Cc1cc(CCN)c2c(c1)OCCO2. The van der Waals surface area contributed by atoms with E-state index in [0.717, 1.165) is 23.5 Å². The van der Waals surface area contributed by atoms with Crippen LogP contribution in [0.15, 0.2) is 12.1 Å². The molecule has 0 saturated heterocycles. The summed E-state index contributed by atoms with van der Waals surface area (Å²) in [6, 6.07) is 4.12. The van der Waals surface area contributed by atoms with E-state index >= 15 is 0 Å². The molecule has 0 spiro atoms. The van der Waals surface area contributed by atoms with Crippen LogP contribution in [0.5, 0.6) is 11.5 Å². The lowest BCUT2D eigenvalue weighted by molar-refractivity contribution is 0.170. The minimum Gasteiger partial charge on any atom is -0.486 e. The predicted molar refractivity (Wildman–Crippen MR) is 54.9 cm³/mol. The maximum absolute atomic E-state index is 5.58. The van der Waals surface area contributed by atoms with E-state index in [2.05, 4.69) is 13.0 Å². The molecule has 76 valence electrons. The fraction of sp³-hybridized carbons (Fsp3) is 0.455.